The van der Waals surface area contributed by atoms with E-state index in [4.69, 9.17) is 4.42 Å². The minimum absolute atomic E-state index is 0.0197. The molecule has 0 aliphatic carbocycles. The van der Waals surface area contributed by atoms with E-state index < -0.39 is 10.5 Å². The van der Waals surface area contributed by atoms with Gasteiger partial charge < -0.3 is 4.42 Å². The Hall–Kier alpha value is -2.84. The Labute approximate surface area is 159 Å². The summed E-state index contributed by atoms with van der Waals surface area (Å²) in [5.74, 6) is 0. The van der Waals surface area contributed by atoms with Crippen molar-refractivity contribution in [2.45, 2.75) is 0 Å². The van der Waals surface area contributed by atoms with Gasteiger partial charge in [0.15, 0.2) is 0 Å². The van der Waals surface area contributed by atoms with Crippen LogP contribution in [0.3, 0.4) is 0 Å². The summed E-state index contributed by atoms with van der Waals surface area (Å²) >= 11 is 4.76. The highest BCUT2D eigenvalue weighted by atomic mass is 79.9. The van der Waals surface area contributed by atoms with Gasteiger partial charge in [0, 0.05) is 32.9 Å². The molecule has 0 aliphatic heterocycles. The summed E-state index contributed by atoms with van der Waals surface area (Å²) in [7, 11) is 0. The van der Waals surface area contributed by atoms with Gasteiger partial charge in [-0.25, -0.2) is 9.78 Å². The lowest BCUT2D eigenvalue weighted by molar-refractivity contribution is -0.384. The summed E-state index contributed by atoms with van der Waals surface area (Å²) in [6.45, 7) is 0. The minimum Gasteiger partial charge on any atom is -0.422 e. The summed E-state index contributed by atoms with van der Waals surface area (Å²) < 4.78 is 6.26. The highest BCUT2D eigenvalue weighted by molar-refractivity contribution is 9.10. The quantitative estimate of drug-likeness (QED) is 0.252. The highest BCUT2D eigenvalue weighted by Crippen LogP contribution is 2.30. The predicted molar refractivity (Wildman–Crippen MR) is 103 cm³/mol. The Morgan fingerprint density at radius 1 is 1.12 bits per heavy atom. The van der Waals surface area contributed by atoms with Gasteiger partial charge in [-0.15, -0.1) is 11.3 Å². The molecule has 0 bridgehead atoms. The fourth-order valence-electron chi connectivity index (χ4n) is 2.53. The molecule has 128 valence electrons. The second-order valence-electron chi connectivity index (χ2n) is 5.47. The van der Waals surface area contributed by atoms with Crippen molar-refractivity contribution in [2.75, 3.05) is 0 Å². The van der Waals surface area contributed by atoms with Crippen molar-refractivity contribution in [3.63, 3.8) is 0 Å². The first kappa shape index (κ1) is 16.6. The van der Waals surface area contributed by atoms with Crippen molar-refractivity contribution in [2.24, 2.45) is 0 Å². The van der Waals surface area contributed by atoms with Crippen LogP contribution in [0.1, 0.15) is 0 Å². The first-order valence-corrected chi connectivity index (χ1v) is 9.13. The summed E-state index contributed by atoms with van der Waals surface area (Å²) in [6.07, 6.45) is 0. The molecule has 0 unspecified atom stereocenters. The minimum atomic E-state index is -0.458. The Kier molecular flexibility index (Phi) is 4.14. The van der Waals surface area contributed by atoms with Crippen LogP contribution in [-0.4, -0.2) is 9.91 Å². The van der Waals surface area contributed by atoms with Crippen molar-refractivity contribution >= 4 is 43.9 Å². The Morgan fingerprint density at radius 2 is 1.88 bits per heavy atom. The maximum Gasteiger partial charge on any atom is 0.345 e. The van der Waals surface area contributed by atoms with E-state index in [2.05, 4.69) is 20.9 Å². The lowest BCUT2D eigenvalue weighted by atomic mass is 10.1. The summed E-state index contributed by atoms with van der Waals surface area (Å²) in [5.41, 5.74) is 1.71. The van der Waals surface area contributed by atoms with Gasteiger partial charge in [-0.1, -0.05) is 15.9 Å². The number of benzene rings is 2. The average Bonchev–Trinajstić information content (AvgIpc) is 3.11. The van der Waals surface area contributed by atoms with Gasteiger partial charge in [0.25, 0.3) is 5.69 Å². The van der Waals surface area contributed by atoms with Crippen molar-refractivity contribution in [3.05, 3.63) is 78.9 Å². The highest BCUT2D eigenvalue weighted by Gasteiger charge is 2.13. The number of fused-ring (bicyclic) bond motifs is 1. The van der Waals surface area contributed by atoms with Crippen LogP contribution in [0.25, 0.3) is 32.8 Å². The maximum atomic E-state index is 12.3. The zero-order valence-electron chi connectivity index (χ0n) is 13.0. The maximum absolute atomic E-state index is 12.3. The van der Waals surface area contributed by atoms with E-state index in [0.29, 0.717) is 21.8 Å². The zero-order valence-corrected chi connectivity index (χ0v) is 15.4. The van der Waals surface area contributed by atoms with E-state index in [1.807, 2.05) is 6.07 Å². The molecular weight excluding hydrogens is 420 g/mol. The monoisotopic (exact) mass is 428 g/mol. The summed E-state index contributed by atoms with van der Waals surface area (Å²) in [5, 5.41) is 14.0. The molecule has 4 aromatic rings. The second-order valence-corrected chi connectivity index (χ2v) is 7.25. The fourth-order valence-corrected chi connectivity index (χ4v) is 3.73. The molecule has 26 heavy (non-hydrogen) atoms. The molecule has 2 heterocycles. The molecule has 0 saturated carbocycles. The summed E-state index contributed by atoms with van der Waals surface area (Å²) in [4.78, 5) is 27.1. The Morgan fingerprint density at radius 3 is 2.62 bits per heavy atom. The van der Waals surface area contributed by atoms with Crippen molar-refractivity contribution in [1.82, 2.24) is 4.98 Å². The standard InChI is InChI=1S/C18H9BrN2O4S/c19-12-3-6-16-11(7-12)8-14(18(22)25-16)15-9-26-17(20-15)10-1-4-13(5-2-10)21(23)24/h1-9H. The number of hydrogen-bond donors (Lipinski definition) is 0. The van der Waals surface area contributed by atoms with Gasteiger partial charge >= 0.3 is 5.63 Å². The molecule has 2 aromatic carbocycles. The molecule has 0 atom stereocenters. The summed E-state index contributed by atoms with van der Waals surface area (Å²) in [6, 6.07) is 13.3. The lowest BCUT2D eigenvalue weighted by Crippen LogP contribution is -2.02. The number of nitro benzene ring substituents is 1. The number of non-ortho nitro benzene ring substituents is 1. The molecule has 2 aromatic heterocycles. The molecule has 4 rings (SSSR count). The van der Waals surface area contributed by atoms with Crippen LogP contribution in [0.15, 0.2) is 67.6 Å². The third kappa shape index (κ3) is 3.04. The average molecular weight is 429 g/mol. The number of thiazole rings is 1. The van der Waals surface area contributed by atoms with Crippen molar-refractivity contribution < 1.29 is 9.34 Å². The van der Waals surface area contributed by atoms with Gasteiger partial charge in [-0.05, 0) is 36.4 Å². The van der Waals surface area contributed by atoms with Gasteiger partial charge in [-0.3, -0.25) is 10.1 Å². The first-order chi connectivity index (χ1) is 12.5. The lowest BCUT2D eigenvalue weighted by Gasteiger charge is -2.00. The van der Waals surface area contributed by atoms with Crippen LogP contribution in [0.5, 0.6) is 0 Å². The third-order valence-corrected chi connectivity index (χ3v) is 5.18. The van der Waals surface area contributed by atoms with E-state index >= 15 is 0 Å². The zero-order chi connectivity index (χ0) is 18.3. The largest absolute Gasteiger partial charge is 0.422 e. The second kappa shape index (κ2) is 6.47. The van der Waals surface area contributed by atoms with Gasteiger partial charge in [0.1, 0.15) is 10.6 Å². The van der Waals surface area contributed by atoms with Crippen molar-refractivity contribution in [3.8, 4) is 21.8 Å². The van der Waals surface area contributed by atoms with Gasteiger partial charge in [0.2, 0.25) is 0 Å². The molecule has 0 N–H and O–H groups in total. The van der Waals surface area contributed by atoms with Crippen LogP contribution in [0.2, 0.25) is 0 Å². The van der Waals surface area contributed by atoms with Gasteiger partial charge in [0.05, 0.1) is 16.2 Å². The molecule has 6 nitrogen and oxygen atoms in total. The van der Waals surface area contributed by atoms with Crippen LogP contribution < -0.4 is 5.63 Å². The Bertz CT molecular complexity index is 1200. The topological polar surface area (TPSA) is 86.2 Å². The molecule has 0 amide bonds. The van der Waals surface area contributed by atoms with E-state index in [-0.39, 0.29) is 5.69 Å². The molecule has 0 saturated heterocycles. The number of halogens is 1. The van der Waals surface area contributed by atoms with Crippen LogP contribution in [0, 0.1) is 10.1 Å². The predicted octanol–water partition coefficient (Wildman–Crippen LogP) is 5.25. The van der Waals surface area contributed by atoms with E-state index in [0.717, 1.165) is 15.4 Å². The van der Waals surface area contributed by atoms with E-state index in [9.17, 15) is 14.9 Å². The first-order valence-electron chi connectivity index (χ1n) is 7.45. The molecule has 0 radical (unpaired) electrons. The molecular formula is C18H9BrN2O4S. The van der Waals surface area contributed by atoms with Crippen LogP contribution in [0.4, 0.5) is 5.69 Å². The van der Waals surface area contributed by atoms with Crippen molar-refractivity contribution in [1.29, 1.82) is 0 Å². The molecule has 0 spiro atoms. The number of hydrogen-bond acceptors (Lipinski definition) is 6. The SMILES string of the molecule is O=c1oc2ccc(Br)cc2cc1-c1csc(-c2ccc([N+](=O)[O-])cc2)n1. The number of rotatable bonds is 3. The normalized spacial score (nSPS) is 11.0. The molecule has 0 fully saturated rings. The smallest absolute Gasteiger partial charge is 0.345 e. The number of nitrogens with zero attached hydrogens (tertiary/aromatic N) is 2. The van der Waals surface area contributed by atoms with Gasteiger partial charge in [-0.2, -0.15) is 0 Å². The van der Waals surface area contributed by atoms with Crippen LogP contribution >= 0.6 is 27.3 Å². The van der Waals surface area contributed by atoms with E-state index in [1.54, 1.807) is 35.7 Å². The van der Waals surface area contributed by atoms with Crippen LogP contribution in [-0.2, 0) is 0 Å². The molecule has 0 aliphatic rings. The molecule has 8 heteroatoms. The Balaban J connectivity index is 1.76. The third-order valence-electron chi connectivity index (χ3n) is 3.80. The number of nitro groups is 1. The number of aromatic nitrogens is 1. The fraction of sp³-hybridized carbons (Fsp3) is 0. The van der Waals surface area contributed by atoms with E-state index in [1.165, 1.54) is 23.5 Å².